The quantitative estimate of drug-likeness (QED) is 0.549. The lowest BCUT2D eigenvalue weighted by Crippen LogP contribution is -2.29. The van der Waals surface area contributed by atoms with Crippen molar-refractivity contribution in [1.82, 2.24) is 5.43 Å². The Morgan fingerprint density at radius 1 is 1.00 bits per heavy atom. The first kappa shape index (κ1) is 20.1. The maximum atomic E-state index is 12.4. The van der Waals surface area contributed by atoms with E-state index in [-0.39, 0.29) is 17.7 Å². The fraction of sp³-hybridized carbons (Fsp3) is 0.318. The number of hydrazone groups is 1. The molecule has 1 aliphatic rings. The molecule has 6 heteroatoms. The molecule has 3 rings (SSSR count). The zero-order valence-corrected chi connectivity index (χ0v) is 16.6. The average Bonchev–Trinajstić information content (AvgIpc) is 2.73. The van der Waals surface area contributed by atoms with Crippen LogP contribution in [0.5, 0.6) is 0 Å². The fourth-order valence-corrected chi connectivity index (χ4v) is 3.41. The molecular formula is C22H24ClN3O2. The summed E-state index contributed by atoms with van der Waals surface area (Å²) in [4.78, 5) is 24.6. The monoisotopic (exact) mass is 397 g/mol. The van der Waals surface area contributed by atoms with Crippen LogP contribution in [0.4, 0.5) is 5.69 Å². The van der Waals surface area contributed by atoms with Crippen LogP contribution in [-0.2, 0) is 4.79 Å². The van der Waals surface area contributed by atoms with E-state index in [2.05, 4.69) is 15.8 Å². The number of halogens is 1. The Kier molecular flexibility index (Phi) is 6.82. The normalized spacial score (nSPS) is 15.1. The van der Waals surface area contributed by atoms with Crippen molar-refractivity contribution < 1.29 is 9.59 Å². The number of anilines is 1. The molecule has 2 aromatic rings. The number of nitrogens with one attached hydrogen (secondary N) is 2. The summed E-state index contributed by atoms with van der Waals surface area (Å²) in [7, 11) is 0. The summed E-state index contributed by atoms with van der Waals surface area (Å²) in [6.07, 6.45) is 5.30. The van der Waals surface area contributed by atoms with E-state index >= 15 is 0 Å². The van der Waals surface area contributed by atoms with Crippen molar-refractivity contribution in [3.63, 3.8) is 0 Å². The fourth-order valence-electron chi connectivity index (χ4n) is 3.29. The maximum absolute atomic E-state index is 12.4. The predicted octanol–water partition coefficient (Wildman–Crippen LogP) is 5.01. The van der Waals surface area contributed by atoms with Crippen LogP contribution in [0.3, 0.4) is 0 Å². The second-order valence-corrected chi connectivity index (χ2v) is 7.49. The number of rotatable bonds is 5. The minimum Gasteiger partial charge on any atom is -0.322 e. The van der Waals surface area contributed by atoms with E-state index in [1.165, 1.54) is 6.42 Å². The van der Waals surface area contributed by atoms with Crippen molar-refractivity contribution in [3.8, 4) is 0 Å². The molecule has 5 nitrogen and oxygen atoms in total. The van der Waals surface area contributed by atoms with Crippen LogP contribution in [0.25, 0.3) is 0 Å². The molecule has 0 aliphatic heterocycles. The summed E-state index contributed by atoms with van der Waals surface area (Å²) in [5.74, 6) is -0.157. The van der Waals surface area contributed by atoms with E-state index in [9.17, 15) is 9.59 Å². The van der Waals surface area contributed by atoms with Gasteiger partial charge in [0.2, 0.25) is 5.91 Å². The number of carbonyl (C=O) groups excluding carboxylic acids is 2. The van der Waals surface area contributed by atoms with Crippen molar-refractivity contribution in [1.29, 1.82) is 0 Å². The third-order valence-corrected chi connectivity index (χ3v) is 5.21. The van der Waals surface area contributed by atoms with Gasteiger partial charge in [-0.05, 0) is 61.7 Å². The van der Waals surface area contributed by atoms with Crippen molar-refractivity contribution in [2.75, 3.05) is 5.32 Å². The Labute approximate surface area is 170 Å². The van der Waals surface area contributed by atoms with Gasteiger partial charge in [0.25, 0.3) is 5.91 Å². The molecule has 0 bridgehead atoms. The summed E-state index contributed by atoms with van der Waals surface area (Å²) in [5.41, 5.74) is 5.40. The zero-order valence-electron chi connectivity index (χ0n) is 15.9. The standard InChI is InChI=1S/C22H24ClN3O2/c1-15(25-26-22(28)16-6-3-2-4-7-16)18-8-5-9-20(14-18)24-21(27)17-10-12-19(23)13-11-17/h5,8-14,16H,2-4,6-7H2,1H3,(H,24,27)(H,26,28). The zero-order chi connectivity index (χ0) is 19.9. The van der Waals surface area contributed by atoms with Crippen LogP contribution >= 0.6 is 11.6 Å². The Morgan fingerprint density at radius 3 is 2.43 bits per heavy atom. The molecule has 146 valence electrons. The van der Waals surface area contributed by atoms with Crippen molar-refractivity contribution >= 4 is 34.8 Å². The third kappa shape index (κ3) is 5.42. The van der Waals surface area contributed by atoms with Gasteiger partial charge in [0.1, 0.15) is 0 Å². The Bertz CT molecular complexity index is 872. The second-order valence-electron chi connectivity index (χ2n) is 7.05. The van der Waals surface area contributed by atoms with Gasteiger partial charge in [0.05, 0.1) is 5.71 Å². The highest BCUT2D eigenvalue weighted by atomic mass is 35.5. The van der Waals surface area contributed by atoms with Crippen LogP contribution in [0.1, 0.15) is 54.9 Å². The van der Waals surface area contributed by atoms with E-state index in [0.717, 1.165) is 31.2 Å². The number of hydrogen-bond donors (Lipinski definition) is 2. The minimum atomic E-state index is -0.214. The molecule has 1 aliphatic carbocycles. The van der Waals surface area contributed by atoms with Gasteiger partial charge in [-0.1, -0.05) is 43.0 Å². The number of nitrogens with zero attached hydrogens (tertiary/aromatic N) is 1. The van der Waals surface area contributed by atoms with Crippen molar-refractivity contribution in [2.45, 2.75) is 39.0 Å². The SMILES string of the molecule is CC(=NNC(=O)C1CCCCC1)c1cccc(NC(=O)c2ccc(Cl)cc2)c1. The molecule has 2 N–H and O–H groups in total. The highest BCUT2D eigenvalue weighted by molar-refractivity contribution is 6.30. The average molecular weight is 398 g/mol. The molecule has 2 amide bonds. The summed E-state index contributed by atoms with van der Waals surface area (Å²) < 4.78 is 0. The molecule has 1 fully saturated rings. The Morgan fingerprint density at radius 2 is 1.71 bits per heavy atom. The number of amides is 2. The molecule has 0 radical (unpaired) electrons. The van der Waals surface area contributed by atoms with Gasteiger partial charge >= 0.3 is 0 Å². The van der Waals surface area contributed by atoms with Gasteiger partial charge in [0, 0.05) is 22.2 Å². The lowest BCUT2D eigenvalue weighted by atomic mass is 9.89. The van der Waals surface area contributed by atoms with Gasteiger partial charge in [-0.2, -0.15) is 5.10 Å². The molecule has 0 aromatic heterocycles. The molecule has 0 heterocycles. The van der Waals surface area contributed by atoms with E-state index in [4.69, 9.17) is 11.6 Å². The van der Waals surface area contributed by atoms with E-state index in [1.807, 2.05) is 31.2 Å². The highest BCUT2D eigenvalue weighted by Crippen LogP contribution is 2.23. The summed E-state index contributed by atoms with van der Waals surface area (Å²) >= 11 is 5.86. The summed E-state index contributed by atoms with van der Waals surface area (Å²) in [5, 5.41) is 7.70. The molecule has 2 aromatic carbocycles. The number of carbonyl (C=O) groups is 2. The topological polar surface area (TPSA) is 70.6 Å². The van der Waals surface area contributed by atoms with Gasteiger partial charge in [0.15, 0.2) is 0 Å². The van der Waals surface area contributed by atoms with Crippen LogP contribution in [0, 0.1) is 5.92 Å². The van der Waals surface area contributed by atoms with Crippen LogP contribution in [-0.4, -0.2) is 17.5 Å². The summed E-state index contributed by atoms with van der Waals surface area (Å²) in [6.45, 7) is 1.83. The molecule has 0 spiro atoms. The first-order valence-electron chi connectivity index (χ1n) is 9.54. The lowest BCUT2D eigenvalue weighted by molar-refractivity contribution is -0.125. The molecule has 0 unspecified atom stereocenters. The first-order chi connectivity index (χ1) is 13.5. The van der Waals surface area contributed by atoms with E-state index in [0.29, 0.717) is 22.0 Å². The molecule has 1 saturated carbocycles. The molecular weight excluding hydrogens is 374 g/mol. The highest BCUT2D eigenvalue weighted by Gasteiger charge is 2.20. The van der Waals surface area contributed by atoms with Crippen molar-refractivity contribution in [3.05, 3.63) is 64.7 Å². The van der Waals surface area contributed by atoms with E-state index < -0.39 is 0 Å². The van der Waals surface area contributed by atoms with Gasteiger partial charge < -0.3 is 5.32 Å². The third-order valence-electron chi connectivity index (χ3n) is 4.95. The van der Waals surface area contributed by atoms with E-state index in [1.54, 1.807) is 24.3 Å². The maximum Gasteiger partial charge on any atom is 0.255 e. The first-order valence-corrected chi connectivity index (χ1v) is 9.92. The Hall–Kier alpha value is -2.66. The minimum absolute atomic E-state index is 0.00811. The Balaban J connectivity index is 1.63. The predicted molar refractivity (Wildman–Crippen MR) is 113 cm³/mol. The van der Waals surface area contributed by atoms with Crippen LogP contribution in [0.15, 0.2) is 53.6 Å². The number of hydrogen-bond acceptors (Lipinski definition) is 3. The van der Waals surface area contributed by atoms with Crippen LogP contribution < -0.4 is 10.7 Å². The molecule has 0 saturated heterocycles. The molecule has 0 atom stereocenters. The van der Waals surface area contributed by atoms with Gasteiger partial charge in [-0.3, -0.25) is 9.59 Å². The van der Waals surface area contributed by atoms with Gasteiger partial charge in [-0.25, -0.2) is 5.43 Å². The van der Waals surface area contributed by atoms with Crippen LogP contribution in [0.2, 0.25) is 5.02 Å². The second kappa shape index (κ2) is 9.51. The largest absolute Gasteiger partial charge is 0.322 e. The number of benzene rings is 2. The smallest absolute Gasteiger partial charge is 0.255 e. The molecule has 28 heavy (non-hydrogen) atoms. The van der Waals surface area contributed by atoms with Gasteiger partial charge in [-0.15, -0.1) is 0 Å². The lowest BCUT2D eigenvalue weighted by Gasteiger charge is -2.19. The van der Waals surface area contributed by atoms with Crippen molar-refractivity contribution in [2.24, 2.45) is 11.0 Å². The summed E-state index contributed by atoms with van der Waals surface area (Å²) in [6, 6.07) is 14.1.